The highest BCUT2D eigenvalue weighted by atomic mass is 35.5. The first kappa shape index (κ1) is 27.1. The number of aryl methyl sites for hydroxylation is 1. The molecular weight excluding hydrogens is 485 g/mol. The lowest BCUT2D eigenvalue weighted by molar-refractivity contribution is -0.140. The summed E-state index contributed by atoms with van der Waals surface area (Å²) in [6, 6.07) is 10.5. The first-order valence-electron chi connectivity index (χ1n) is 10.5. The molecule has 1 N–H and O–H groups in total. The van der Waals surface area contributed by atoms with Crippen molar-refractivity contribution in [3.63, 3.8) is 0 Å². The first-order chi connectivity index (χ1) is 15.5. The van der Waals surface area contributed by atoms with Crippen LogP contribution in [-0.4, -0.2) is 55.6 Å². The van der Waals surface area contributed by atoms with Crippen LogP contribution in [0.3, 0.4) is 0 Å². The van der Waals surface area contributed by atoms with Crippen LogP contribution in [0.1, 0.15) is 31.4 Å². The number of rotatable bonds is 10. The van der Waals surface area contributed by atoms with Crippen LogP contribution in [-0.2, 0) is 26.2 Å². The van der Waals surface area contributed by atoms with E-state index >= 15 is 0 Å². The molecule has 0 fully saturated rings. The van der Waals surface area contributed by atoms with Gasteiger partial charge in [-0.1, -0.05) is 53.9 Å². The SMILES string of the molecule is CCCNC(=O)C(C)N(Cc1ccc(Cl)c(Cl)c1)C(=O)CN(C)S(=O)(=O)c1ccc(C)cc1. The summed E-state index contributed by atoms with van der Waals surface area (Å²) in [6.07, 6.45) is 0.747. The number of hydrogen-bond donors (Lipinski definition) is 1. The smallest absolute Gasteiger partial charge is 0.243 e. The Morgan fingerprint density at radius 2 is 1.70 bits per heavy atom. The molecule has 33 heavy (non-hydrogen) atoms. The third-order valence-corrected chi connectivity index (χ3v) is 7.70. The van der Waals surface area contributed by atoms with E-state index < -0.39 is 28.5 Å². The van der Waals surface area contributed by atoms with E-state index in [-0.39, 0.29) is 17.3 Å². The third kappa shape index (κ3) is 7.17. The lowest BCUT2D eigenvalue weighted by Gasteiger charge is -2.30. The van der Waals surface area contributed by atoms with Crippen molar-refractivity contribution < 1.29 is 18.0 Å². The van der Waals surface area contributed by atoms with Gasteiger partial charge in [0.15, 0.2) is 0 Å². The summed E-state index contributed by atoms with van der Waals surface area (Å²) in [6.45, 7) is 5.50. The van der Waals surface area contributed by atoms with Crippen molar-refractivity contribution in [1.29, 1.82) is 0 Å². The highest BCUT2D eigenvalue weighted by Gasteiger charge is 2.30. The number of hydrogen-bond acceptors (Lipinski definition) is 4. The molecular formula is C23H29Cl2N3O4S. The topological polar surface area (TPSA) is 86.8 Å². The van der Waals surface area contributed by atoms with Gasteiger partial charge in [0.2, 0.25) is 21.8 Å². The van der Waals surface area contributed by atoms with Crippen LogP contribution in [0.2, 0.25) is 10.0 Å². The zero-order valence-corrected chi connectivity index (χ0v) is 21.5. The molecule has 180 valence electrons. The van der Waals surface area contributed by atoms with Crippen molar-refractivity contribution in [2.24, 2.45) is 0 Å². The normalized spacial score (nSPS) is 12.5. The van der Waals surface area contributed by atoms with Gasteiger partial charge in [-0.25, -0.2) is 8.42 Å². The molecule has 0 aromatic heterocycles. The number of likely N-dealkylation sites (N-methyl/N-ethyl adjacent to an activating group) is 1. The molecule has 2 rings (SSSR count). The van der Waals surface area contributed by atoms with Crippen molar-refractivity contribution in [2.45, 2.75) is 44.7 Å². The summed E-state index contributed by atoms with van der Waals surface area (Å²) >= 11 is 12.1. The predicted molar refractivity (Wildman–Crippen MR) is 131 cm³/mol. The molecule has 0 aliphatic heterocycles. The molecule has 0 spiro atoms. The molecule has 2 aromatic carbocycles. The van der Waals surface area contributed by atoms with Crippen LogP contribution in [0, 0.1) is 6.92 Å². The van der Waals surface area contributed by atoms with Gasteiger partial charge >= 0.3 is 0 Å². The number of carbonyl (C=O) groups excluding carboxylic acids is 2. The standard InChI is InChI=1S/C23H29Cl2N3O4S/c1-5-12-26-23(30)17(3)28(14-18-8-11-20(24)21(25)13-18)22(29)15-27(4)33(31,32)19-9-6-16(2)7-10-19/h6-11,13,17H,5,12,14-15H2,1-4H3,(H,26,30). The van der Waals surface area contributed by atoms with Gasteiger partial charge in [0, 0.05) is 20.1 Å². The third-order valence-electron chi connectivity index (χ3n) is 5.14. The van der Waals surface area contributed by atoms with Gasteiger partial charge in [0.25, 0.3) is 0 Å². The van der Waals surface area contributed by atoms with Gasteiger partial charge in [0.05, 0.1) is 21.5 Å². The quantitative estimate of drug-likeness (QED) is 0.522. The van der Waals surface area contributed by atoms with Gasteiger partial charge in [-0.3, -0.25) is 9.59 Å². The zero-order chi connectivity index (χ0) is 24.8. The molecule has 0 bridgehead atoms. The fourth-order valence-corrected chi connectivity index (χ4v) is 4.51. The molecule has 0 saturated heterocycles. The average molecular weight is 514 g/mol. The van der Waals surface area contributed by atoms with Crippen LogP contribution in [0.15, 0.2) is 47.4 Å². The fraction of sp³-hybridized carbons (Fsp3) is 0.391. The van der Waals surface area contributed by atoms with Gasteiger partial charge in [-0.15, -0.1) is 0 Å². The first-order valence-corrected chi connectivity index (χ1v) is 12.7. The molecule has 10 heteroatoms. The Kier molecular flexibility index (Phi) is 9.72. The van der Waals surface area contributed by atoms with Crippen LogP contribution >= 0.6 is 23.2 Å². The van der Waals surface area contributed by atoms with E-state index in [9.17, 15) is 18.0 Å². The van der Waals surface area contributed by atoms with Crippen molar-refractivity contribution in [1.82, 2.24) is 14.5 Å². The molecule has 0 aliphatic carbocycles. The molecule has 0 radical (unpaired) electrons. The van der Waals surface area contributed by atoms with Crippen molar-refractivity contribution >= 4 is 45.0 Å². The van der Waals surface area contributed by atoms with Crippen molar-refractivity contribution in [3.05, 3.63) is 63.6 Å². The largest absolute Gasteiger partial charge is 0.354 e. The second kappa shape index (κ2) is 11.8. The molecule has 7 nitrogen and oxygen atoms in total. The minimum atomic E-state index is -3.88. The minimum Gasteiger partial charge on any atom is -0.354 e. The molecule has 2 amide bonds. The second-order valence-corrected chi connectivity index (χ2v) is 10.7. The molecule has 1 unspecified atom stereocenters. The maximum Gasteiger partial charge on any atom is 0.243 e. The molecule has 0 aliphatic rings. The summed E-state index contributed by atoms with van der Waals surface area (Å²) in [5.74, 6) is -0.840. The number of carbonyl (C=O) groups is 2. The van der Waals surface area contributed by atoms with E-state index in [1.54, 1.807) is 37.3 Å². The van der Waals surface area contributed by atoms with E-state index in [0.717, 1.165) is 16.3 Å². The Morgan fingerprint density at radius 3 is 2.27 bits per heavy atom. The molecule has 0 heterocycles. The minimum absolute atomic E-state index is 0.0643. The van der Waals surface area contributed by atoms with Gasteiger partial charge in [0.1, 0.15) is 6.04 Å². The van der Waals surface area contributed by atoms with Gasteiger partial charge in [-0.05, 0) is 50.1 Å². The Bertz CT molecular complexity index is 1090. The van der Waals surface area contributed by atoms with Gasteiger partial charge in [-0.2, -0.15) is 4.31 Å². The highest BCUT2D eigenvalue weighted by molar-refractivity contribution is 7.89. The number of halogens is 2. The summed E-state index contributed by atoms with van der Waals surface area (Å²) in [4.78, 5) is 27.3. The number of nitrogens with one attached hydrogen (secondary N) is 1. The lowest BCUT2D eigenvalue weighted by Crippen LogP contribution is -2.50. The molecule has 0 saturated carbocycles. The van der Waals surface area contributed by atoms with E-state index in [2.05, 4.69) is 5.32 Å². The van der Waals surface area contributed by atoms with Crippen molar-refractivity contribution in [3.8, 4) is 0 Å². The highest BCUT2D eigenvalue weighted by Crippen LogP contribution is 2.24. The number of benzene rings is 2. The maximum atomic E-state index is 13.2. The summed E-state index contributed by atoms with van der Waals surface area (Å²) in [5, 5.41) is 3.47. The zero-order valence-electron chi connectivity index (χ0n) is 19.1. The summed E-state index contributed by atoms with van der Waals surface area (Å²) in [5.41, 5.74) is 1.59. The van der Waals surface area contributed by atoms with Crippen LogP contribution in [0.4, 0.5) is 0 Å². The fourth-order valence-electron chi connectivity index (χ4n) is 3.07. The number of sulfonamides is 1. The number of amides is 2. The Morgan fingerprint density at radius 1 is 1.06 bits per heavy atom. The Hall–Kier alpha value is -2.13. The van der Waals surface area contributed by atoms with E-state index in [4.69, 9.17) is 23.2 Å². The molecule has 1 atom stereocenters. The monoisotopic (exact) mass is 513 g/mol. The lowest BCUT2D eigenvalue weighted by atomic mass is 10.1. The second-order valence-electron chi connectivity index (χ2n) is 7.81. The Labute approximate surface area is 205 Å². The average Bonchev–Trinajstić information content (AvgIpc) is 2.77. The number of nitrogens with zero attached hydrogens (tertiary/aromatic N) is 2. The van der Waals surface area contributed by atoms with E-state index in [1.807, 2.05) is 13.8 Å². The summed E-state index contributed by atoms with van der Waals surface area (Å²) < 4.78 is 26.8. The molecule has 2 aromatic rings. The Balaban J connectivity index is 2.28. The van der Waals surface area contributed by atoms with E-state index in [0.29, 0.717) is 22.2 Å². The van der Waals surface area contributed by atoms with Gasteiger partial charge < -0.3 is 10.2 Å². The van der Waals surface area contributed by atoms with Crippen LogP contribution < -0.4 is 5.32 Å². The van der Waals surface area contributed by atoms with Crippen LogP contribution in [0.5, 0.6) is 0 Å². The van der Waals surface area contributed by atoms with Crippen LogP contribution in [0.25, 0.3) is 0 Å². The van der Waals surface area contributed by atoms with E-state index in [1.165, 1.54) is 24.1 Å². The maximum absolute atomic E-state index is 13.2. The predicted octanol–water partition coefficient (Wildman–Crippen LogP) is 3.87. The van der Waals surface area contributed by atoms with Crippen molar-refractivity contribution in [2.75, 3.05) is 20.1 Å². The summed E-state index contributed by atoms with van der Waals surface area (Å²) in [7, 11) is -2.54.